The van der Waals surface area contributed by atoms with E-state index in [1.807, 2.05) is 0 Å². The monoisotopic (exact) mass is 272 g/mol. The number of nitro benzene ring substituents is 1. The second kappa shape index (κ2) is 5.35. The number of ether oxygens (including phenoxy) is 1. The molecule has 3 N–H and O–H groups in total. The molecule has 0 radical (unpaired) electrons. The van der Waals surface area contributed by atoms with Crippen LogP contribution < -0.4 is 10.5 Å². The van der Waals surface area contributed by atoms with Crippen molar-refractivity contribution in [1.82, 2.24) is 4.98 Å². The van der Waals surface area contributed by atoms with E-state index in [1.165, 1.54) is 18.3 Å². The second-order valence-electron chi connectivity index (χ2n) is 4.07. The number of aromatic nitrogens is 1. The lowest BCUT2D eigenvalue weighted by atomic mass is 10.2. The summed E-state index contributed by atoms with van der Waals surface area (Å²) >= 11 is 0. The van der Waals surface area contributed by atoms with Crippen LogP contribution in [0.15, 0.2) is 36.5 Å². The molecule has 0 saturated heterocycles. The highest BCUT2D eigenvalue weighted by Crippen LogP contribution is 2.33. The first-order valence-corrected chi connectivity index (χ1v) is 5.71. The van der Waals surface area contributed by atoms with Crippen LogP contribution in [0.2, 0.25) is 0 Å². The maximum atomic E-state index is 11.1. The molecule has 102 valence electrons. The van der Waals surface area contributed by atoms with E-state index in [-0.39, 0.29) is 23.0 Å². The molecule has 0 aliphatic carbocycles. The number of nitrogens with one attached hydrogen (secondary N) is 1. The number of para-hydroxylation sites is 1. The van der Waals surface area contributed by atoms with Crippen LogP contribution in [-0.2, 0) is 0 Å². The highest BCUT2D eigenvalue weighted by atomic mass is 16.6. The summed E-state index contributed by atoms with van der Waals surface area (Å²) in [5.41, 5.74) is 6.00. The maximum Gasteiger partial charge on any atom is 0.314 e. The van der Waals surface area contributed by atoms with Gasteiger partial charge in [-0.2, -0.15) is 0 Å². The molecule has 1 aromatic heterocycles. The molecule has 0 saturated carbocycles. The predicted octanol–water partition coefficient (Wildman–Crippen LogP) is 2.37. The fraction of sp³-hybridized carbons (Fsp3) is 0.0769. The number of amidine groups is 1. The molecule has 0 spiro atoms. The number of hydrogen-bond acceptors (Lipinski definition) is 5. The van der Waals surface area contributed by atoms with Crippen molar-refractivity contribution in [1.29, 1.82) is 5.41 Å². The van der Waals surface area contributed by atoms with E-state index in [4.69, 9.17) is 15.9 Å². The predicted molar refractivity (Wildman–Crippen MR) is 73.2 cm³/mol. The second-order valence-corrected chi connectivity index (χ2v) is 4.07. The molecule has 0 fully saturated rings. The Balaban J connectivity index is 2.40. The van der Waals surface area contributed by atoms with Crippen molar-refractivity contribution in [3.8, 4) is 11.5 Å². The standard InChI is InChI=1S/C13H12N4O3/c1-8-3-2-4-11(12(8)17(18)19)20-9-5-6-16-10(7-9)13(14)15/h2-7H,1H3,(H3,14,15). The Labute approximate surface area is 114 Å². The summed E-state index contributed by atoms with van der Waals surface area (Å²) in [5, 5.41) is 18.4. The molecule has 7 heteroatoms. The van der Waals surface area contributed by atoms with Crippen LogP contribution in [0.5, 0.6) is 11.5 Å². The Bertz CT molecular complexity index is 685. The minimum atomic E-state index is -0.488. The van der Waals surface area contributed by atoms with Gasteiger partial charge < -0.3 is 10.5 Å². The van der Waals surface area contributed by atoms with Gasteiger partial charge >= 0.3 is 5.69 Å². The lowest BCUT2D eigenvalue weighted by molar-refractivity contribution is -0.386. The number of nitrogens with two attached hydrogens (primary N) is 1. The van der Waals surface area contributed by atoms with Gasteiger partial charge in [-0.25, -0.2) is 0 Å². The molecule has 2 rings (SSSR count). The summed E-state index contributed by atoms with van der Waals surface area (Å²) in [4.78, 5) is 14.5. The smallest absolute Gasteiger partial charge is 0.314 e. The molecule has 1 heterocycles. The summed E-state index contributed by atoms with van der Waals surface area (Å²) in [5.74, 6) is 0.267. The largest absolute Gasteiger partial charge is 0.450 e. The molecule has 0 atom stereocenters. The van der Waals surface area contributed by atoms with Crippen molar-refractivity contribution in [2.24, 2.45) is 5.73 Å². The lowest BCUT2D eigenvalue weighted by Gasteiger charge is -2.08. The van der Waals surface area contributed by atoms with Crippen LogP contribution in [-0.4, -0.2) is 15.7 Å². The molecule has 0 aliphatic heterocycles. The zero-order valence-electron chi connectivity index (χ0n) is 10.7. The Morgan fingerprint density at radius 1 is 1.45 bits per heavy atom. The SMILES string of the molecule is Cc1cccc(Oc2ccnc(C(=N)N)c2)c1[N+](=O)[O-]. The van der Waals surface area contributed by atoms with Gasteiger partial charge in [0.1, 0.15) is 17.3 Å². The quantitative estimate of drug-likeness (QED) is 0.383. The zero-order valence-corrected chi connectivity index (χ0v) is 10.7. The fourth-order valence-electron chi connectivity index (χ4n) is 1.70. The first-order chi connectivity index (χ1) is 9.49. The van der Waals surface area contributed by atoms with Crippen LogP contribution in [0.1, 0.15) is 11.3 Å². The van der Waals surface area contributed by atoms with Gasteiger partial charge in [-0.15, -0.1) is 0 Å². The first kappa shape index (κ1) is 13.5. The third kappa shape index (κ3) is 2.72. The topological polar surface area (TPSA) is 115 Å². The van der Waals surface area contributed by atoms with Crippen LogP contribution >= 0.6 is 0 Å². The molecule has 0 amide bonds. The van der Waals surface area contributed by atoms with Gasteiger partial charge in [-0.05, 0) is 19.1 Å². The van der Waals surface area contributed by atoms with Crippen molar-refractivity contribution in [3.63, 3.8) is 0 Å². The summed E-state index contributed by atoms with van der Waals surface area (Å²) in [6.45, 7) is 1.64. The van der Waals surface area contributed by atoms with E-state index in [0.717, 1.165) is 0 Å². The molecular formula is C13H12N4O3. The molecule has 0 unspecified atom stereocenters. The third-order valence-electron chi connectivity index (χ3n) is 2.62. The molecule has 0 bridgehead atoms. The van der Waals surface area contributed by atoms with E-state index in [2.05, 4.69) is 4.98 Å². The van der Waals surface area contributed by atoms with Crippen molar-refractivity contribution in [3.05, 3.63) is 57.9 Å². The molecule has 7 nitrogen and oxygen atoms in total. The average Bonchev–Trinajstić information content (AvgIpc) is 2.38. The highest BCUT2D eigenvalue weighted by Gasteiger charge is 2.18. The molecular weight excluding hydrogens is 260 g/mol. The van der Waals surface area contributed by atoms with Crippen molar-refractivity contribution < 1.29 is 9.66 Å². The van der Waals surface area contributed by atoms with Crippen LogP contribution in [0.25, 0.3) is 0 Å². The number of hydrogen-bond donors (Lipinski definition) is 2. The Kier molecular flexibility index (Phi) is 3.60. The molecule has 2 aromatic rings. The Morgan fingerprint density at radius 2 is 2.20 bits per heavy atom. The van der Waals surface area contributed by atoms with Crippen LogP contribution in [0, 0.1) is 22.4 Å². The van der Waals surface area contributed by atoms with E-state index in [9.17, 15) is 10.1 Å². The Hall–Kier alpha value is -2.96. The molecule has 20 heavy (non-hydrogen) atoms. The van der Waals surface area contributed by atoms with Gasteiger partial charge in [0.25, 0.3) is 0 Å². The Morgan fingerprint density at radius 3 is 2.85 bits per heavy atom. The van der Waals surface area contributed by atoms with Crippen molar-refractivity contribution >= 4 is 11.5 Å². The number of nitrogen functional groups attached to an aromatic ring is 1. The number of nitro groups is 1. The summed E-state index contributed by atoms with van der Waals surface area (Å²) in [6.07, 6.45) is 1.42. The molecule has 1 aromatic carbocycles. The van der Waals surface area contributed by atoms with E-state index in [0.29, 0.717) is 11.3 Å². The summed E-state index contributed by atoms with van der Waals surface area (Å²) < 4.78 is 5.51. The van der Waals surface area contributed by atoms with Gasteiger partial charge in [0.2, 0.25) is 5.75 Å². The third-order valence-corrected chi connectivity index (χ3v) is 2.62. The van der Waals surface area contributed by atoms with Gasteiger partial charge in [0.15, 0.2) is 0 Å². The van der Waals surface area contributed by atoms with Gasteiger partial charge in [-0.3, -0.25) is 20.5 Å². The summed E-state index contributed by atoms with van der Waals surface area (Å²) in [6, 6.07) is 7.81. The van der Waals surface area contributed by atoms with Crippen LogP contribution in [0.4, 0.5) is 5.69 Å². The zero-order chi connectivity index (χ0) is 14.7. The van der Waals surface area contributed by atoms with Gasteiger partial charge in [-0.1, -0.05) is 12.1 Å². The minimum absolute atomic E-state index is 0.0892. The number of benzene rings is 1. The number of aryl methyl sites for hydroxylation is 1. The van der Waals surface area contributed by atoms with Crippen molar-refractivity contribution in [2.75, 3.05) is 0 Å². The van der Waals surface area contributed by atoms with Gasteiger partial charge in [0.05, 0.1) is 4.92 Å². The number of nitrogens with zero attached hydrogens (tertiary/aromatic N) is 2. The van der Waals surface area contributed by atoms with Crippen molar-refractivity contribution in [2.45, 2.75) is 6.92 Å². The van der Waals surface area contributed by atoms with Crippen LogP contribution in [0.3, 0.4) is 0 Å². The minimum Gasteiger partial charge on any atom is -0.450 e. The summed E-state index contributed by atoms with van der Waals surface area (Å²) in [7, 11) is 0. The average molecular weight is 272 g/mol. The van der Waals surface area contributed by atoms with E-state index >= 15 is 0 Å². The maximum absolute atomic E-state index is 11.1. The lowest BCUT2D eigenvalue weighted by Crippen LogP contribution is -2.12. The first-order valence-electron chi connectivity index (χ1n) is 5.71. The molecule has 0 aliphatic rings. The number of pyridine rings is 1. The highest BCUT2D eigenvalue weighted by molar-refractivity contribution is 5.93. The fourth-order valence-corrected chi connectivity index (χ4v) is 1.70. The van der Waals surface area contributed by atoms with E-state index in [1.54, 1.807) is 25.1 Å². The van der Waals surface area contributed by atoms with E-state index < -0.39 is 4.92 Å². The van der Waals surface area contributed by atoms with Gasteiger partial charge in [0, 0.05) is 17.8 Å². The number of rotatable bonds is 4. The normalized spacial score (nSPS) is 10.1.